The van der Waals surface area contributed by atoms with Gasteiger partial charge in [0.25, 0.3) is 0 Å². The van der Waals surface area contributed by atoms with Crippen LogP contribution in [-0.2, 0) is 11.2 Å². The van der Waals surface area contributed by atoms with E-state index >= 15 is 0 Å². The Hall–Kier alpha value is -1.43. The normalized spacial score (nSPS) is 22.8. The summed E-state index contributed by atoms with van der Waals surface area (Å²) in [4.78, 5) is 21.6. The summed E-state index contributed by atoms with van der Waals surface area (Å²) < 4.78 is 5.56. The number of ether oxygens (including phenoxy) is 1. The van der Waals surface area contributed by atoms with Crippen LogP contribution in [0.2, 0.25) is 0 Å². The van der Waals surface area contributed by atoms with Crippen molar-refractivity contribution < 1.29 is 9.53 Å². The van der Waals surface area contributed by atoms with Crippen molar-refractivity contribution in [3.8, 4) is 0 Å². The number of fused-ring (bicyclic) bond motifs is 3. The van der Waals surface area contributed by atoms with E-state index in [4.69, 9.17) is 9.72 Å². The highest BCUT2D eigenvalue weighted by Crippen LogP contribution is 2.37. The molecule has 0 aromatic carbocycles. The highest BCUT2D eigenvalue weighted by Gasteiger charge is 2.41. The molecule has 1 fully saturated rings. The molecule has 138 valence electrons. The third-order valence-corrected chi connectivity index (χ3v) is 5.36. The molecule has 0 spiro atoms. The highest BCUT2D eigenvalue weighted by atomic mass is 32.2. The maximum atomic E-state index is 12.5. The van der Waals surface area contributed by atoms with Gasteiger partial charge in [-0.05, 0) is 45.7 Å². The van der Waals surface area contributed by atoms with Crippen LogP contribution < -0.4 is 4.90 Å². The van der Waals surface area contributed by atoms with Crippen molar-refractivity contribution in [3.05, 3.63) is 17.7 Å². The zero-order valence-electron chi connectivity index (χ0n) is 16.1. The Bertz CT molecular complexity index is 657. The van der Waals surface area contributed by atoms with Crippen LogP contribution in [0.25, 0.3) is 0 Å². The second-order valence-corrected chi connectivity index (χ2v) is 9.90. The Balaban J connectivity index is 1.76. The molecule has 3 rings (SSSR count). The van der Waals surface area contributed by atoms with E-state index in [9.17, 15) is 4.79 Å². The van der Waals surface area contributed by atoms with E-state index in [-0.39, 0.29) is 18.2 Å². The maximum absolute atomic E-state index is 12.5. The summed E-state index contributed by atoms with van der Waals surface area (Å²) in [7, 11) is 0. The summed E-state index contributed by atoms with van der Waals surface area (Å²) in [5.74, 6) is 1.10. The summed E-state index contributed by atoms with van der Waals surface area (Å²) in [6, 6.07) is 4.85. The van der Waals surface area contributed by atoms with Gasteiger partial charge in [0.15, 0.2) is 0 Å². The minimum Gasteiger partial charge on any atom is -0.444 e. The summed E-state index contributed by atoms with van der Waals surface area (Å²) in [5.41, 5.74) is 0.830. The zero-order chi connectivity index (χ0) is 18.4. The number of anilines is 1. The molecule has 25 heavy (non-hydrogen) atoms. The van der Waals surface area contributed by atoms with E-state index in [0.717, 1.165) is 17.3 Å². The first-order valence-electron chi connectivity index (χ1n) is 9.07. The summed E-state index contributed by atoms with van der Waals surface area (Å²) in [6.45, 7) is 13.6. The van der Waals surface area contributed by atoms with Crippen LogP contribution in [0, 0.1) is 0 Å². The van der Waals surface area contributed by atoms with Crippen LogP contribution in [0.1, 0.15) is 47.1 Å². The van der Waals surface area contributed by atoms with Crippen molar-refractivity contribution in [2.24, 2.45) is 0 Å². The molecule has 2 atom stereocenters. The fourth-order valence-corrected chi connectivity index (χ4v) is 4.38. The molecule has 6 heteroatoms. The summed E-state index contributed by atoms with van der Waals surface area (Å²) in [6.07, 6.45) is 0.734. The minimum absolute atomic E-state index is 0.209. The van der Waals surface area contributed by atoms with Crippen LogP contribution >= 0.6 is 11.8 Å². The van der Waals surface area contributed by atoms with E-state index in [1.54, 1.807) is 11.8 Å². The molecule has 3 heterocycles. The van der Waals surface area contributed by atoms with Gasteiger partial charge in [-0.1, -0.05) is 19.9 Å². The number of piperazine rings is 1. The van der Waals surface area contributed by atoms with Crippen LogP contribution in [0.3, 0.4) is 0 Å². The van der Waals surface area contributed by atoms with Gasteiger partial charge >= 0.3 is 6.09 Å². The Morgan fingerprint density at radius 2 is 2.04 bits per heavy atom. The predicted molar refractivity (Wildman–Crippen MR) is 102 cm³/mol. The molecular formula is C19H29N3O2S. The fraction of sp³-hybridized carbons (Fsp3) is 0.684. The SMILES string of the molecule is CC(C)Sc1ccc2c(n1)N1[C@H](C2)CN(C(=O)OC(C)(C)C)C[C@H]1C. The molecule has 0 unspecified atom stereocenters. The van der Waals surface area contributed by atoms with Crippen molar-refractivity contribution >= 4 is 23.7 Å². The number of hydrogen-bond acceptors (Lipinski definition) is 5. The van der Waals surface area contributed by atoms with Gasteiger partial charge in [-0.2, -0.15) is 0 Å². The van der Waals surface area contributed by atoms with Gasteiger partial charge in [0, 0.05) is 24.4 Å². The number of aromatic nitrogens is 1. The molecule has 1 aromatic rings. The standard InChI is InChI=1S/C19H29N3O2S/c1-12(2)25-16-8-7-14-9-15-11-21(18(23)24-19(4,5)6)10-13(3)22(15)17(14)20-16/h7-8,12-13,15H,9-11H2,1-6H3/t13-,15-/m1/s1. The Morgan fingerprint density at radius 1 is 1.32 bits per heavy atom. The second kappa shape index (κ2) is 6.71. The Labute approximate surface area is 155 Å². The second-order valence-electron chi connectivity index (χ2n) is 8.30. The first kappa shape index (κ1) is 18.4. The lowest BCUT2D eigenvalue weighted by atomic mass is 10.1. The number of carbonyl (C=O) groups is 1. The topological polar surface area (TPSA) is 45.7 Å². The van der Waals surface area contributed by atoms with Crippen molar-refractivity contribution in [2.75, 3.05) is 18.0 Å². The predicted octanol–water partition coefficient (Wildman–Crippen LogP) is 3.95. The van der Waals surface area contributed by atoms with E-state index in [2.05, 4.69) is 37.8 Å². The van der Waals surface area contributed by atoms with E-state index in [1.807, 2.05) is 25.7 Å². The van der Waals surface area contributed by atoms with Crippen LogP contribution in [0.4, 0.5) is 10.6 Å². The fourth-order valence-electron chi connectivity index (χ4n) is 3.61. The van der Waals surface area contributed by atoms with Crippen molar-refractivity contribution in [3.63, 3.8) is 0 Å². The number of pyridine rings is 1. The monoisotopic (exact) mass is 363 g/mol. The zero-order valence-corrected chi connectivity index (χ0v) is 16.9. The molecular weight excluding hydrogens is 334 g/mol. The average molecular weight is 364 g/mol. The van der Waals surface area contributed by atoms with E-state index < -0.39 is 5.60 Å². The lowest BCUT2D eigenvalue weighted by Crippen LogP contribution is -2.58. The molecule has 1 amide bonds. The number of thioether (sulfide) groups is 1. The molecule has 0 radical (unpaired) electrons. The molecule has 1 aromatic heterocycles. The first-order valence-corrected chi connectivity index (χ1v) is 9.95. The minimum atomic E-state index is -0.458. The number of carbonyl (C=O) groups excluding carboxylic acids is 1. The first-order chi connectivity index (χ1) is 11.6. The molecule has 0 bridgehead atoms. The van der Waals surface area contributed by atoms with Gasteiger partial charge in [0.1, 0.15) is 11.4 Å². The Kier molecular flexibility index (Phi) is 4.93. The van der Waals surface area contributed by atoms with Crippen LogP contribution in [-0.4, -0.2) is 52.0 Å². The van der Waals surface area contributed by atoms with Crippen molar-refractivity contribution in [1.82, 2.24) is 9.88 Å². The largest absolute Gasteiger partial charge is 0.444 e. The summed E-state index contributed by atoms with van der Waals surface area (Å²) in [5, 5.41) is 1.60. The van der Waals surface area contributed by atoms with E-state index in [1.165, 1.54) is 5.56 Å². The van der Waals surface area contributed by atoms with Gasteiger partial charge < -0.3 is 14.5 Å². The third kappa shape index (κ3) is 4.05. The van der Waals surface area contributed by atoms with Gasteiger partial charge in [-0.3, -0.25) is 0 Å². The number of amides is 1. The van der Waals surface area contributed by atoms with Crippen LogP contribution in [0.15, 0.2) is 17.2 Å². The van der Waals surface area contributed by atoms with E-state index in [0.29, 0.717) is 18.3 Å². The molecule has 0 aliphatic carbocycles. The summed E-state index contributed by atoms with van der Waals surface area (Å²) >= 11 is 1.79. The molecule has 5 nitrogen and oxygen atoms in total. The lowest BCUT2D eigenvalue weighted by molar-refractivity contribution is 0.0191. The quantitative estimate of drug-likeness (QED) is 0.745. The molecule has 2 aliphatic heterocycles. The third-order valence-electron chi connectivity index (χ3n) is 4.42. The molecule has 2 aliphatic rings. The maximum Gasteiger partial charge on any atom is 0.410 e. The molecule has 0 saturated carbocycles. The Morgan fingerprint density at radius 3 is 2.68 bits per heavy atom. The van der Waals surface area contributed by atoms with Gasteiger partial charge in [0.2, 0.25) is 0 Å². The molecule has 0 N–H and O–H groups in total. The van der Waals surface area contributed by atoms with Crippen molar-refractivity contribution in [1.29, 1.82) is 0 Å². The number of rotatable bonds is 2. The average Bonchev–Trinajstić information content (AvgIpc) is 2.82. The number of hydrogen-bond donors (Lipinski definition) is 0. The lowest BCUT2D eigenvalue weighted by Gasteiger charge is -2.43. The van der Waals surface area contributed by atoms with Gasteiger partial charge in [-0.25, -0.2) is 9.78 Å². The highest BCUT2D eigenvalue weighted by molar-refractivity contribution is 7.99. The van der Waals surface area contributed by atoms with Gasteiger partial charge in [0.05, 0.1) is 11.1 Å². The van der Waals surface area contributed by atoms with Crippen molar-refractivity contribution in [2.45, 2.75) is 75.9 Å². The van der Waals surface area contributed by atoms with Gasteiger partial charge in [-0.15, -0.1) is 11.8 Å². The van der Waals surface area contributed by atoms with Crippen LogP contribution in [0.5, 0.6) is 0 Å². The number of nitrogens with zero attached hydrogens (tertiary/aromatic N) is 3. The smallest absolute Gasteiger partial charge is 0.410 e. The molecule has 1 saturated heterocycles.